The highest BCUT2D eigenvalue weighted by Crippen LogP contribution is 2.32. The van der Waals surface area contributed by atoms with Crippen LogP contribution in [0.5, 0.6) is 0 Å². The van der Waals surface area contributed by atoms with E-state index >= 15 is 0 Å². The maximum atomic E-state index is 5.63. The zero-order valence-corrected chi connectivity index (χ0v) is 8.47. The van der Waals surface area contributed by atoms with Crippen LogP contribution in [0.3, 0.4) is 0 Å². The summed E-state index contributed by atoms with van der Waals surface area (Å²) in [6, 6.07) is 0. The van der Waals surface area contributed by atoms with E-state index in [2.05, 4.69) is 0 Å². The van der Waals surface area contributed by atoms with Gasteiger partial charge in [-0.05, 0) is 5.41 Å². The molecule has 1 rings (SSSR count). The summed E-state index contributed by atoms with van der Waals surface area (Å²) in [5.41, 5.74) is 6.44. The van der Waals surface area contributed by atoms with E-state index in [1.807, 2.05) is 17.4 Å². The van der Waals surface area contributed by atoms with E-state index in [0.29, 0.717) is 5.88 Å². The van der Waals surface area contributed by atoms with Crippen molar-refractivity contribution >= 4 is 35.8 Å². The lowest BCUT2D eigenvalue weighted by Gasteiger charge is -2.14. The maximum Gasteiger partial charge on any atom is 0.0948 e. The van der Waals surface area contributed by atoms with Crippen molar-refractivity contribution in [1.29, 1.82) is 0 Å². The predicted molar refractivity (Wildman–Crippen MR) is 53.7 cm³/mol. The number of rotatable bonds is 1. The quantitative estimate of drug-likeness (QED) is 0.675. The number of nitrogens with zero attached hydrogens (tertiary/aromatic N) is 1. The van der Waals surface area contributed by atoms with Gasteiger partial charge in [0.05, 0.1) is 10.9 Å². The third-order valence-corrected chi connectivity index (χ3v) is 2.67. The minimum absolute atomic E-state index is 0. The third-order valence-electron chi connectivity index (χ3n) is 1.36. The van der Waals surface area contributed by atoms with Crippen molar-refractivity contribution < 1.29 is 0 Å². The maximum absolute atomic E-state index is 5.63. The van der Waals surface area contributed by atoms with Crippen LogP contribution < -0.4 is 5.73 Å². The van der Waals surface area contributed by atoms with Crippen molar-refractivity contribution in [3.05, 3.63) is 22.3 Å². The Morgan fingerprint density at radius 2 is 2.45 bits per heavy atom. The average molecular weight is 213 g/mol. The second-order valence-electron chi connectivity index (χ2n) is 1.92. The molecule has 0 radical (unpaired) electrons. The Morgan fingerprint density at radius 1 is 1.82 bits per heavy atom. The Balaban J connectivity index is 0.000001000. The topological polar surface area (TPSA) is 29.3 Å². The highest BCUT2D eigenvalue weighted by molar-refractivity contribution is 8.06. The largest absolute Gasteiger partial charge is 0.402 e. The van der Waals surface area contributed by atoms with Gasteiger partial charge in [-0.1, -0.05) is 11.8 Å². The molecule has 11 heavy (non-hydrogen) atoms. The fraction of sp³-hybridized carbons (Fsp3) is 0.333. The summed E-state index contributed by atoms with van der Waals surface area (Å²) in [4.78, 5) is 1.98. The Hall–Kier alpha value is 0.01000. The first-order chi connectivity index (χ1) is 4.79. The highest BCUT2D eigenvalue weighted by atomic mass is 35.5. The molecule has 0 fully saturated rings. The molecule has 0 aliphatic carbocycles. The van der Waals surface area contributed by atoms with E-state index in [-0.39, 0.29) is 12.4 Å². The molecule has 0 aromatic heterocycles. The monoisotopic (exact) mass is 212 g/mol. The lowest BCUT2D eigenvalue weighted by atomic mass is 10.5. The number of hydrogen-bond donors (Lipinski definition) is 1. The number of nitrogens with two attached hydrogens (primary N) is 1. The van der Waals surface area contributed by atoms with Crippen LogP contribution in [0.25, 0.3) is 0 Å². The third kappa shape index (κ3) is 2.22. The van der Waals surface area contributed by atoms with E-state index in [1.165, 1.54) is 0 Å². The van der Waals surface area contributed by atoms with Crippen LogP contribution in [0, 0.1) is 0 Å². The van der Waals surface area contributed by atoms with Gasteiger partial charge in [0, 0.05) is 18.9 Å². The number of halogens is 2. The first kappa shape index (κ1) is 11.0. The summed E-state index contributed by atoms with van der Waals surface area (Å²) in [6.07, 6.45) is 1.58. The molecule has 1 aliphatic heterocycles. The van der Waals surface area contributed by atoms with Crippen molar-refractivity contribution in [1.82, 2.24) is 4.90 Å². The van der Waals surface area contributed by atoms with E-state index in [4.69, 9.17) is 17.3 Å². The van der Waals surface area contributed by atoms with Gasteiger partial charge >= 0.3 is 0 Å². The van der Waals surface area contributed by atoms with E-state index in [1.54, 1.807) is 18.0 Å². The molecule has 2 N–H and O–H groups in total. The molecule has 0 unspecified atom stereocenters. The number of thioether (sulfide) groups is 1. The number of hydrogen-bond acceptors (Lipinski definition) is 3. The van der Waals surface area contributed by atoms with Gasteiger partial charge in [-0.15, -0.1) is 24.0 Å². The van der Waals surface area contributed by atoms with Crippen LogP contribution in [0.2, 0.25) is 0 Å². The summed E-state index contributed by atoms with van der Waals surface area (Å²) in [5.74, 6) is 0.543. The van der Waals surface area contributed by atoms with Crippen molar-refractivity contribution in [3.63, 3.8) is 0 Å². The van der Waals surface area contributed by atoms with Crippen molar-refractivity contribution in [2.24, 2.45) is 5.73 Å². The standard InChI is InChI=1S/C6H9ClN2S.ClH/c1-9-5(2-7)4-10-6(9)3-8;/h3-4H,2,8H2,1H3;1H. The van der Waals surface area contributed by atoms with Gasteiger partial charge in [0.15, 0.2) is 0 Å². The minimum atomic E-state index is 0. The predicted octanol–water partition coefficient (Wildman–Crippen LogP) is 1.92. The molecular formula is C6H10Cl2N2S. The molecule has 0 amide bonds. The lowest BCUT2D eigenvalue weighted by Crippen LogP contribution is -2.12. The summed E-state index contributed by atoms with van der Waals surface area (Å²) >= 11 is 7.23. The molecule has 0 aromatic carbocycles. The highest BCUT2D eigenvalue weighted by Gasteiger charge is 2.14. The van der Waals surface area contributed by atoms with Crippen LogP contribution in [-0.2, 0) is 0 Å². The van der Waals surface area contributed by atoms with Crippen molar-refractivity contribution in [2.45, 2.75) is 0 Å². The summed E-state index contributed by atoms with van der Waals surface area (Å²) < 4.78 is 0. The Labute approximate surface area is 81.9 Å². The molecule has 0 aromatic rings. The molecule has 2 nitrogen and oxygen atoms in total. The molecule has 0 atom stereocenters. The number of alkyl halides is 1. The summed E-state index contributed by atoms with van der Waals surface area (Å²) in [5, 5.41) is 3.04. The van der Waals surface area contributed by atoms with Gasteiger partial charge in [-0.2, -0.15) is 0 Å². The van der Waals surface area contributed by atoms with Crippen molar-refractivity contribution in [3.8, 4) is 0 Å². The first-order valence-corrected chi connectivity index (χ1v) is 4.28. The molecule has 1 aliphatic rings. The first-order valence-electron chi connectivity index (χ1n) is 2.87. The SMILES string of the molecule is CN1C(CCl)=CSC1=CN.Cl. The van der Waals surface area contributed by atoms with Gasteiger partial charge in [0.1, 0.15) is 0 Å². The Bertz CT molecular complexity index is 191. The molecule has 5 heteroatoms. The zero-order valence-electron chi connectivity index (χ0n) is 6.08. The zero-order chi connectivity index (χ0) is 7.56. The summed E-state index contributed by atoms with van der Waals surface area (Å²) in [7, 11) is 1.95. The van der Waals surface area contributed by atoms with Gasteiger partial charge in [-0.25, -0.2) is 0 Å². The Kier molecular flexibility index (Phi) is 4.81. The second kappa shape index (κ2) is 4.80. The molecule has 0 saturated heterocycles. The van der Waals surface area contributed by atoms with E-state index < -0.39 is 0 Å². The Morgan fingerprint density at radius 3 is 2.73 bits per heavy atom. The van der Waals surface area contributed by atoms with Gasteiger partial charge in [0.2, 0.25) is 0 Å². The molecular weight excluding hydrogens is 203 g/mol. The number of allylic oxidation sites excluding steroid dienone is 1. The minimum Gasteiger partial charge on any atom is -0.402 e. The molecule has 0 saturated carbocycles. The summed E-state index contributed by atoms with van der Waals surface area (Å²) in [6.45, 7) is 0. The molecule has 0 bridgehead atoms. The normalized spacial score (nSPS) is 20.0. The van der Waals surface area contributed by atoms with Gasteiger partial charge < -0.3 is 10.6 Å². The molecule has 64 valence electrons. The van der Waals surface area contributed by atoms with E-state index in [0.717, 1.165) is 10.7 Å². The molecule has 0 spiro atoms. The van der Waals surface area contributed by atoms with Crippen LogP contribution in [0.1, 0.15) is 0 Å². The fourth-order valence-electron chi connectivity index (χ4n) is 0.700. The van der Waals surface area contributed by atoms with Gasteiger partial charge in [0.25, 0.3) is 0 Å². The fourth-order valence-corrected chi connectivity index (χ4v) is 1.90. The molecule has 1 heterocycles. The van der Waals surface area contributed by atoms with Crippen LogP contribution >= 0.6 is 35.8 Å². The average Bonchev–Trinajstić information content (AvgIpc) is 2.30. The van der Waals surface area contributed by atoms with E-state index in [9.17, 15) is 0 Å². The second-order valence-corrected chi connectivity index (χ2v) is 3.08. The van der Waals surface area contributed by atoms with Crippen LogP contribution in [0.15, 0.2) is 22.3 Å². The van der Waals surface area contributed by atoms with Gasteiger partial charge in [-0.3, -0.25) is 0 Å². The smallest absolute Gasteiger partial charge is 0.0948 e. The van der Waals surface area contributed by atoms with Crippen LogP contribution in [0.4, 0.5) is 0 Å². The van der Waals surface area contributed by atoms with Crippen molar-refractivity contribution in [2.75, 3.05) is 12.9 Å². The lowest BCUT2D eigenvalue weighted by molar-refractivity contribution is 0.567. The van der Waals surface area contributed by atoms with Crippen LogP contribution in [-0.4, -0.2) is 17.8 Å².